The Morgan fingerprint density at radius 1 is 1.50 bits per heavy atom. The molecule has 0 aliphatic rings. The zero-order valence-corrected chi connectivity index (χ0v) is 12.5. The van der Waals surface area contributed by atoms with E-state index in [0.29, 0.717) is 9.39 Å². The highest BCUT2D eigenvalue weighted by molar-refractivity contribution is 14.1. The molecule has 0 fully saturated rings. The first-order chi connectivity index (χ1) is 9.40. The zero-order valence-electron chi connectivity index (χ0n) is 10.3. The van der Waals surface area contributed by atoms with Crippen LogP contribution in [0.2, 0.25) is 0 Å². The number of nitro benzene ring substituents is 1. The Labute approximate surface area is 126 Å². The summed E-state index contributed by atoms with van der Waals surface area (Å²) >= 11 is 1.83. The molecule has 2 aromatic rings. The van der Waals surface area contributed by atoms with E-state index < -0.39 is 10.7 Å². The van der Waals surface area contributed by atoms with Crippen molar-refractivity contribution in [3.05, 3.63) is 65.6 Å². The fourth-order valence-electron chi connectivity index (χ4n) is 1.77. The Morgan fingerprint density at radius 3 is 2.85 bits per heavy atom. The summed E-state index contributed by atoms with van der Waals surface area (Å²) in [5, 5.41) is 10.9. The van der Waals surface area contributed by atoms with Gasteiger partial charge in [0.2, 0.25) is 0 Å². The summed E-state index contributed by atoms with van der Waals surface area (Å²) in [4.78, 5) is 26.4. The van der Waals surface area contributed by atoms with Gasteiger partial charge in [-0.05, 0) is 41.6 Å². The second-order valence-corrected chi connectivity index (χ2v) is 5.24. The zero-order chi connectivity index (χ0) is 14.9. The van der Waals surface area contributed by atoms with Gasteiger partial charge in [-0.3, -0.25) is 19.5 Å². The normalized spacial score (nSPS) is 10.6. The van der Waals surface area contributed by atoms with Crippen LogP contribution in [0.5, 0.6) is 0 Å². The minimum Gasteiger partial charge on any atom is -0.291 e. The lowest BCUT2D eigenvalue weighted by Gasteiger charge is -2.10. The van der Waals surface area contributed by atoms with Gasteiger partial charge in [0.05, 0.1) is 20.6 Å². The highest BCUT2D eigenvalue weighted by Crippen LogP contribution is 2.20. The Hall–Kier alpha value is -1.84. The predicted molar refractivity (Wildman–Crippen MR) is 78.1 cm³/mol. The third-order valence-corrected chi connectivity index (χ3v) is 3.51. The Bertz CT molecular complexity index is 745. The van der Waals surface area contributed by atoms with Crippen LogP contribution in [-0.4, -0.2) is 14.5 Å². The standard InChI is InChI=1S/C12H9FIN3O3/c1-7-15-5-10(14)12(18)16(7)6-8-4-9(13)2-3-11(8)17(19)20/h2-5H,6H2,1H3. The van der Waals surface area contributed by atoms with Crippen LogP contribution in [0, 0.1) is 26.4 Å². The summed E-state index contributed by atoms with van der Waals surface area (Å²) < 4.78 is 14.9. The van der Waals surface area contributed by atoms with Gasteiger partial charge in [0.1, 0.15) is 11.6 Å². The number of aryl methyl sites for hydroxylation is 1. The van der Waals surface area contributed by atoms with E-state index in [2.05, 4.69) is 4.98 Å². The minimum absolute atomic E-state index is 0.0947. The molecule has 1 heterocycles. The topological polar surface area (TPSA) is 78.0 Å². The van der Waals surface area contributed by atoms with E-state index in [9.17, 15) is 19.3 Å². The van der Waals surface area contributed by atoms with Crippen molar-refractivity contribution in [1.29, 1.82) is 0 Å². The van der Waals surface area contributed by atoms with Gasteiger partial charge < -0.3 is 0 Å². The molecule has 104 valence electrons. The number of nitrogens with zero attached hydrogens (tertiary/aromatic N) is 3. The molecule has 0 spiro atoms. The first-order valence-electron chi connectivity index (χ1n) is 5.55. The van der Waals surface area contributed by atoms with Crippen molar-refractivity contribution in [2.24, 2.45) is 0 Å². The number of benzene rings is 1. The Morgan fingerprint density at radius 2 is 2.20 bits per heavy atom. The monoisotopic (exact) mass is 389 g/mol. The molecular formula is C12H9FIN3O3. The molecule has 0 N–H and O–H groups in total. The summed E-state index contributed by atoms with van der Waals surface area (Å²) in [6.45, 7) is 1.52. The van der Waals surface area contributed by atoms with Crippen molar-refractivity contribution >= 4 is 28.3 Å². The second-order valence-electron chi connectivity index (χ2n) is 4.07. The molecule has 0 bridgehead atoms. The molecule has 0 aliphatic heterocycles. The Balaban J connectivity index is 2.56. The van der Waals surface area contributed by atoms with Crippen molar-refractivity contribution in [2.45, 2.75) is 13.5 Å². The van der Waals surface area contributed by atoms with Crippen LogP contribution >= 0.6 is 22.6 Å². The van der Waals surface area contributed by atoms with Crippen molar-refractivity contribution < 1.29 is 9.31 Å². The summed E-state index contributed by atoms with van der Waals surface area (Å²) in [7, 11) is 0. The van der Waals surface area contributed by atoms with Crippen molar-refractivity contribution in [2.75, 3.05) is 0 Å². The number of hydrogen-bond acceptors (Lipinski definition) is 4. The lowest BCUT2D eigenvalue weighted by Crippen LogP contribution is -2.26. The van der Waals surface area contributed by atoms with Crippen LogP contribution in [0.25, 0.3) is 0 Å². The molecule has 1 aromatic heterocycles. The molecule has 0 saturated heterocycles. The van der Waals surface area contributed by atoms with Gasteiger partial charge in [-0.2, -0.15) is 0 Å². The summed E-state index contributed by atoms with van der Waals surface area (Å²) in [6, 6.07) is 3.17. The molecule has 0 radical (unpaired) electrons. The van der Waals surface area contributed by atoms with Gasteiger partial charge in [-0.25, -0.2) is 9.37 Å². The lowest BCUT2D eigenvalue weighted by atomic mass is 10.1. The van der Waals surface area contributed by atoms with E-state index in [1.165, 1.54) is 10.8 Å². The molecule has 2 rings (SSSR count). The first-order valence-corrected chi connectivity index (χ1v) is 6.63. The highest BCUT2D eigenvalue weighted by Gasteiger charge is 2.16. The minimum atomic E-state index is -0.601. The van der Waals surface area contributed by atoms with E-state index in [1.807, 2.05) is 22.6 Å². The Kier molecular flexibility index (Phi) is 4.12. The van der Waals surface area contributed by atoms with Crippen LogP contribution in [0.3, 0.4) is 0 Å². The molecule has 8 heteroatoms. The second kappa shape index (κ2) is 5.65. The molecule has 0 aliphatic carbocycles. The summed E-state index contributed by atoms with van der Waals surface area (Å²) in [5.41, 5.74) is -0.405. The summed E-state index contributed by atoms with van der Waals surface area (Å²) in [6.07, 6.45) is 1.43. The molecule has 6 nitrogen and oxygen atoms in total. The average molecular weight is 389 g/mol. The molecular weight excluding hydrogens is 380 g/mol. The van der Waals surface area contributed by atoms with Gasteiger partial charge >= 0.3 is 0 Å². The summed E-state index contributed by atoms with van der Waals surface area (Å²) in [5.74, 6) is -0.177. The maximum atomic E-state index is 13.3. The van der Waals surface area contributed by atoms with E-state index in [-0.39, 0.29) is 23.4 Å². The molecule has 0 atom stereocenters. The van der Waals surface area contributed by atoms with Gasteiger partial charge in [0.25, 0.3) is 11.2 Å². The lowest BCUT2D eigenvalue weighted by molar-refractivity contribution is -0.385. The number of nitro groups is 1. The van der Waals surface area contributed by atoms with Crippen molar-refractivity contribution in [1.82, 2.24) is 9.55 Å². The molecule has 20 heavy (non-hydrogen) atoms. The van der Waals surface area contributed by atoms with E-state index in [4.69, 9.17) is 0 Å². The molecule has 1 aromatic carbocycles. The third kappa shape index (κ3) is 2.84. The van der Waals surface area contributed by atoms with Gasteiger partial charge in [-0.1, -0.05) is 0 Å². The SMILES string of the molecule is Cc1ncc(I)c(=O)n1Cc1cc(F)ccc1[N+](=O)[O-]. The van der Waals surface area contributed by atoms with Crippen LogP contribution < -0.4 is 5.56 Å². The quantitative estimate of drug-likeness (QED) is 0.459. The van der Waals surface area contributed by atoms with E-state index >= 15 is 0 Å². The molecule has 0 unspecified atom stereocenters. The van der Waals surface area contributed by atoms with Crippen molar-refractivity contribution in [3.63, 3.8) is 0 Å². The number of halogens is 2. The maximum absolute atomic E-state index is 13.3. The maximum Gasteiger partial charge on any atom is 0.274 e. The highest BCUT2D eigenvalue weighted by atomic mass is 127. The molecule has 0 amide bonds. The van der Waals surface area contributed by atoms with Gasteiger partial charge in [0, 0.05) is 12.3 Å². The van der Waals surface area contributed by atoms with Crippen LogP contribution in [0.15, 0.2) is 29.2 Å². The van der Waals surface area contributed by atoms with Gasteiger partial charge in [-0.15, -0.1) is 0 Å². The number of rotatable bonds is 3. The van der Waals surface area contributed by atoms with E-state index in [0.717, 1.165) is 18.2 Å². The fourth-order valence-corrected chi connectivity index (χ4v) is 2.20. The third-order valence-electron chi connectivity index (χ3n) is 2.77. The molecule has 0 saturated carbocycles. The number of hydrogen-bond donors (Lipinski definition) is 0. The van der Waals surface area contributed by atoms with Crippen LogP contribution in [-0.2, 0) is 6.54 Å². The first kappa shape index (κ1) is 14.6. The van der Waals surface area contributed by atoms with Crippen molar-refractivity contribution in [3.8, 4) is 0 Å². The van der Waals surface area contributed by atoms with E-state index in [1.54, 1.807) is 6.92 Å². The number of aromatic nitrogens is 2. The predicted octanol–water partition coefficient (Wildman–Crippen LogP) is 2.25. The average Bonchev–Trinajstić information content (AvgIpc) is 2.39. The van der Waals surface area contributed by atoms with Gasteiger partial charge in [0.15, 0.2) is 0 Å². The van der Waals surface area contributed by atoms with Crippen LogP contribution in [0.1, 0.15) is 11.4 Å². The largest absolute Gasteiger partial charge is 0.291 e. The fraction of sp³-hybridized carbons (Fsp3) is 0.167. The van der Waals surface area contributed by atoms with Crippen LogP contribution in [0.4, 0.5) is 10.1 Å². The smallest absolute Gasteiger partial charge is 0.274 e.